The first-order chi connectivity index (χ1) is 7.31. The van der Waals surface area contributed by atoms with E-state index >= 15 is 0 Å². The van der Waals surface area contributed by atoms with Crippen molar-refractivity contribution in [1.82, 2.24) is 9.80 Å². The van der Waals surface area contributed by atoms with E-state index in [0.29, 0.717) is 0 Å². The van der Waals surface area contributed by atoms with Crippen LogP contribution in [0.2, 0.25) is 0 Å². The maximum Gasteiger partial charge on any atom is 0.0223 e. The summed E-state index contributed by atoms with van der Waals surface area (Å²) in [6.07, 6.45) is 5.39. The molecule has 15 heavy (non-hydrogen) atoms. The van der Waals surface area contributed by atoms with Gasteiger partial charge in [-0.3, -0.25) is 4.90 Å². The number of piperidine rings is 1. The second kappa shape index (κ2) is 7.24. The Hall–Kier alpha value is -0.0800. The van der Waals surface area contributed by atoms with Crippen molar-refractivity contribution in [3.63, 3.8) is 0 Å². The van der Waals surface area contributed by atoms with E-state index in [1.807, 2.05) is 0 Å². The lowest BCUT2D eigenvalue weighted by Gasteiger charge is -2.39. The van der Waals surface area contributed by atoms with Crippen LogP contribution in [0.25, 0.3) is 0 Å². The van der Waals surface area contributed by atoms with Crippen LogP contribution in [0.15, 0.2) is 0 Å². The Balaban J connectivity index is 2.42. The number of likely N-dealkylation sites (N-methyl/N-ethyl adjacent to an activating group) is 1. The lowest BCUT2D eigenvalue weighted by molar-refractivity contribution is 0.100. The highest BCUT2D eigenvalue weighted by Crippen LogP contribution is 2.16. The summed E-state index contributed by atoms with van der Waals surface area (Å²) in [6, 6.07) is 0.832. The average molecular weight is 212 g/mol. The molecule has 1 unspecified atom stereocenters. The molecule has 0 aromatic rings. The number of hydrogen-bond acceptors (Lipinski definition) is 2. The summed E-state index contributed by atoms with van der Waals surface area (Å²) in [5.74, 6) is 0. The third-order valence-corrected chi connectivity index (χ3v) is 3.47. The van der Waals surface area contributed by atoms with Crippen LogP contribution < -0.4 is 0 Å². The molecular weight excluding hydrogens is 184 g/mol. The van der Waals surface area contributed by atoms with Gasteiger partial charge in [0.05, 0.1) is 0 Å². The van der Waals surface area contributed by atoms with Crippen molar-refractivity contribution in [2.75, 3.05) is 32.7 Å². The standard InChI is InChI=1S/C13H28N2/c1-4-9-15(10-5-2)13-8-7-11-14(6-3)12-13/h13H,4-12H2,1-3H3. The molecule has 0 aromatic heterocycles. The van der Waals surface area contributed by atoms with E-state index in [1.54, 1.807) is 0 Å². The van der Waals surface area contributed by atoms with Gasteiger partial charge in [-0.25, -0.2) is 0 Å². The van der Waals surface area contributed by atoms with Crippen molar-refractivity contribution >= 4 is 0 Å². The Morgan fingerprint density at radius 1 is 1.13 bits per heavy atom. The molecule has 1 atom stereocenters. The van der Waals surface area contributed by atoms with Gasteiger partial charge in [-0.05, 0) is 51.9 Å². The normalized spacial score (nSPS) is 23.6. The summed E-state index contributed by atoms with van der Waals surface area (Å²) in [4.78, 5) is 5.31. The smallest absolute Gasteiger partial charge is 0.0223 e. The van der Waals surface area contributed by atoms with E-state index in [1.165, 1.54) is 58.4 Å². The van der Waals surface area contributed by atoms with Gasteiger partial charge in [-0.2, -0.15) is 0 Å². The molecule has 0 aliphatic carbocycles. The summed E-state index contributed by atoms with van der Waals surface area (Å²) in [7, 11) is 0. The van der Waals surface area contributed by atoms with Gasteiger partial charge in [-0.15, -0.1) is 0 Å². The molecule has 0 N–H and O–H groups in total. The Bertz CT molecular complexity index is 153. The molecule has 1 saturated heterocycles. The first kappa shape index (κ1) is 13.0. The van der Waals surface area contributed by atoms with Gasteiger partial charge >= 0.3 is 0 Å². The quantitative estimate of drug-likeness (QED) is 0.668. The van der Waals surface area contributed by atoms with Crippen LogP contribution >= 0.6 is 0 Å². The summed E-state index contributed by atoms with van der Waals surface area (Å²) >= 11 is 0. The summed E-state index contributed by atoms with van der Waals surface area (Å²) < 4.78 is 0. The van der Waals surface area contributed by atoms with Crippen molar-refractivity contribution in [1.29, 1.82) is 0 Å². The second-order valence-corrected chi connectivity index (χ2v) is 4.73. The van der Waals surface area contributed by atoms with Crippen LogP contribution in [-0.2, 0) is 0 Å². The van der Waals surface area contributed by atoms with Gasteiger partial charge < -0.3 is 4.90 Å². The molecule has 2 heteroatoms. The summed E-state index contributed by atoms with van der Waals surface area (Å²) in [6.45, 7) is 13.3. The topological polar surface area (TPSA) is 6.48 Å². The minimum atomic E-state index is 0.832. The molecule has 1 rings (SSSR count). The monoisotopic (exact) mass is 212 g/mol. The van der Waals surface area contributed by atoms with Gasteiger partial charge in [0.15, 0.2) is 0 Å². The fraction of sp³-hybridized carbons (Fsp3) is 1.00. The lowest BCUT2D eigenvalue weighted by Crippen LogP contribution is -2.48. The zero-order valence-electron chi connectivity index (χ0n) is 10.8. The molecular formula is C13H28N2. The van der Waals surface area contributed by atoms with E-state index in [4.69, 9.17) is 0 Å². The number of hydrogen-bond donors (Lipinski definition) is 0. The molecule has 1 heterocycles. The highest BCUT2D eigenvalue weighted by Gasteiger charge is 2.23. The molecule has 0 saturated carbocycles. The zero-order valence-corrected chi connectivity index (χ0v) is 10.8. The van der Waals surface area contributed by atoms with Gasteiger partial charge in [0, 0.05) is 12.6 Å². The summed E-state index contributed by atoms with van der Waals surface area (Å²) in [5.41, 5.74) is 0. The van der Waals surface area contributed by atoms with E-state index < -0.39 is 0 Å². The Kier molecular flexibility index (Phi) is 6.26. The highest BCUT2D eigenvalue weighted by atomic mass is 15.2. The Morgan fingerprint density at radius 3 is 2.33 bits per heavy atom. The van der Waals surface area contributed by atoms with E-state index in [-0.39, 0.29) is 0 Å². The minimum absolute atomic E-state index is 0.832. The predicted octanol–water partition coefficient (Wildman–Crippen LogP) is 2.59. The van der Waals surface area contributed by atoms with Crippen LogP contribution in [0.1, 0.15) is 46.5 Å². The van der Waals surface area contributed by atoms with Gasteiger partial charge in [0.2, 0.25) is 0 Å². The molecule has 1 aliphatic rings. The van der Waals surface area contributed by atoms with Gasteiger partial charge in [0.1, 0.15) is 0 Å². The molecule has 0 amide bonds. The van der Waals surface area contributed by atoms with Crippen LogP contribution in [0.5, 0.6) is 0 Å². The molecule has 0 spiro atoms. The van der Waals surface area contributed by atoms with Crippen LogP contribution in [-0.4, -0.2) is 48.6 Å². The second-order valence-electron chi connectivity index (χ2n) is 4.73. The maximum atomic E-state index is 2.71. The van der Waals surface area contributed by atoms with Crippen LogP contribution in [0.4, 0.5) is 0 Å². The lowest BCUT2D eigenvalue weighted by atomic mass is 10.0. The fourth-order valence-electron chi connectivity index (χ4n) is 2.67. The number of rotatable bonds is 6. The third-order valence-electron chi connectivity index (χ3n) is 3.47. The number of nitrogens with zero attached hydrogens (tertiary/aromatic N) is 2. The Labute approximate surface area is 95.6 Å². The first-order valence-electron chi connectivity index (χ1n) is 6.78. The van der Waals surface area contributed by atoms with Crippen molar-refractivity contribution in [2.24, 2.45) is 0 Å². The zero-order chi connectivity index (χ0) is 11.1. The van der Waals surface area contributed by atoms with Crippen molar-refractivity contribution in [3.05, 3.63) is 0 Å². The van der Waals surface area contributed by atoms with E-state index in [9.17, 15) is 0 Å². The van der Waals surface area contributed by atoms with Gasteiger partial charge in [-0.1, -0.05) is 20.8 Å². The third kappa shape index (κ3) is 4.12. The van der Waals surface area contributed by atoms with E-state index in [0.717, 1.165) is 6.04 Å². The maximum absolute atomic E-state index is 2.71. The minimum Gasteiger partial charge on any atom is -0.302 e. The predicted molar refractivity (Wildman–Crippen MR) is 67.3 cm³/mol. The highest BCUT2D eigenvalue weighted by molar-refractivity contribution is 4.80. The molecule has 0 radical (unpaired) electrons. The van der Waals surface area contributed by atoms with E-state index in [2.05, 4.69) is 30.6 Å². The largest absolute Gasteiger partial charge is 0.302 e. The first-order valence-corrected chi connectivity index (χ1v) is 6.78. The number of likely N-dealkylation sites (tertiary alicyclic amines) is 1. The van der Waals surface area contributed by atoms with Crippen molar-refractivity contribution in [2.45, 2.75) is 52.5 Å². The van der Waals surface area contributed by atoms with Crippen LogP contribution in [0.3, 0.4) is 0 Å². The molecule has 90 valence electrons. The van der Waals surface area contributed by atoms with Crippen LogP contribution in [0, 0.1) is 0 Å². The molecule has 2 nitrogen and oxygen atoms in total. The SMILES string of the molecule is CCCN(CCC)C1CCCN(CC)C1. The molecule has 0 aromatic carbocycles. The molecule has 1 aliphatic heterocycles. The fourth-order valence-corrected chi connectivity index (χ4v) is 2.67. The van der Waals surface area contributed by atoms with Crippen molar-refractivity contribution < 1.29 is 0 Å². The average Bonchev–Trinajstić information content (AvgIpc) is 2.29. The Morgan fingerprint density at radius 2 is 1.80 bits per heavy atom. The van der Waals surface area contributed by atoms with Gasteiger partial charge in [0.25, 0.3) is 0 Å². The summed E-state index contributed by atoms with van der Waals surface area (Å²) in [5, 5.41) is 0. The van der Waals surface area contributed by atoms with Crippen molar-refractivity contribution in [3.8, 4) is 0 Å². The molecule has 1 fully saturated rings. The molecule has 0 bridgehead atoms.